The Morgan fingerprint density at radius 1 is 1.26 bits per heavy atom. The summed E-state index contributed by atoms with van der Waals surface area (Å²) in [5, 5.41) is 19.3. The number of aliphatic hydroxyl groups excluding tert-OH is 1. The number of hydrogen-bond acceptors (Lipinski definition) is 6. The highest BCUT2D eigenvalue weighted by Gasteiger charge is 2.21. The first-order chi connectivity index (χ1) is 15.0. The molecule has 5 rings (SSSR count). The molecule has 1 aliphatic heterocycles. The standard InChI is InChI=1S/C22H24ClN7O/c1-14-15(10-29-8-6-17(31)12-29)11-30(27-14)21-5-7-24-22(26-21)25-16-3-4-20-18(9-16)19(23)13-28(20)2/h3-5,7,9,11,13,17,31H,6,8,10,12H2,1-2H3,(H,24,25,26). The molecule has 1 aliphatic rings. The summed E-state index contributed by atoms with van der Waals surface area (Å²) in [4.78, 5) is 11.2. The van der Waals surface area contributed by atoms with Crippen LogP contribution in [0.4, 0.5) is 11.6 Å². The van der Waals surface area contributed by atoms with E-state index in [1.54, 1.807) is 10.9 Å². The molecule has 4 aromatic rings. The topological polar surface area (TPSA) is 84.0 Å². The van der Waals surface area contributed by atoms with Crippen molar-refractivity contribution in [1.29, 1.82) is 0 Å². The van der Waals surface area contributed by atoms with Crippen LogP contribution in [0.1, 0.15) is 17.7 Å². The summed E-state index contributed by atoms with van der Waals surface area (Å²) in [7, 11) is 1.97. The zero-order valence-corrected chi connectivity index (χ0v) is 18.2. The quantitative estimate of drug-likeness (QED) is 0.497. The van der Waals surface area contributed by atoms with Crippen LogP contribution >= 0.6 is 11.6 Å². The molecule has 0 spiro atoms. The molecule has 1 atom stereocenters. The van der Waals surface area contributed by atoms with E-state index in [9.17, 15) is 5.11 Å². The monoisotopic (exact) mass is 437 g/mol. The Balaban J connectivity index is 1.37. The zero-order chi connectivity index (χ0) is 21.5. The van der Waals surface area contributed by atoms with E-state index in [4.69, 9.17) is 11.6 Å². The first kappa shape index (κ1) is 20.0. The van der Waals surface area contributed by atoms with Gasteiger partial charge in [0.2, 0.25) is 5.95 Å². The molecule has 0 aliphatic carbocycles. The van der Waals surface area contributed by atoms with Crippen LogP contribution in [0.2, 0.25) is 5.02 Å². The van der Waals surface area contributed by atoms with Gasteiger partial charge in [-0.2, -0.15) is 10.1 Å². The van der Waals surface area contributed by atoms with E-state index < -0.39 is 0 Å². The van der Waals surface area contributed by atoms with Crippen LogP contribution in [0.15, 0.2) is 42.9 Å². The molecular weight excluding hydrogens is 414 g/mol. The predicted octanol–water partition coefficient (Wildman–Crippen LogP) is 3.43. The van der Waals surface area contributed by atoms with Crippen molar-refractivity contribution in [2.24, 2.45) is 7.05 Å². The molecule has 1 fully saturated rings. The van der Waals surface area contributed by atoms with Crippen molar-refractivity contribution in [3.8, 4) is 5.82 Å². The van der Waals surface area contributed by atoms with E-state index in [0.29, 0.717) is 23.3 Å². The van der Waals surface area contributed by atoms with Crippen molar-refractivity contribution in [3.05, 3.63) is 59.1 Å². The van der Waals surface area contributed by atoms with Gasteiger partial charge in [-0.15, -0.1) is 0 Å². The van der Waals surface area contributed by atoms with Crippen LogP contribution in [-0.4, -0.2) is 53.5 Å². The number of halogens is 1. The lowest BCUT2D eigenvalue weighted by molar-refractivity contribution is 0.174. The maximum atomic E-state index is 9.76. The molecule has 1 aromatic carbocycles. The summed E-state index contributed by atoms with van der Waals surface area (Å²) in [6.07, 6.45) is 6.21. The molecule has 4 heterocycles. The minimum absolute atomic E-state index is 0.226. The van der Waals surface area contributed by atoms with Gasteiger partial charge < -0.3 is 15.0 Å². The number of aliphatic hydroxyl groups is 1. The first-order valence-electron chi connectivity index (χ1n) is 10.3. The normalized spacial score (nSPS) is 17.0. The fourth-order valence-electron chi connectivity index (χ4n) is 4.05. The number of nitrogens with zero attached hydrogens (tertiary/aromatic N) is 6. The molecular formula is C22H24ClN7O. The van der Waals surface area contributed by atoms with Crippen molar-refractivity contribution in [2.75, 3.05) is 18.4 Å². The third-order valence-corrected chi connectivity index (χ3v) is 6.02. The van der Waals surface area contributed by atoms with Gasteiger partial charge in [0, 0.05) is 73.5 Å². The summed E-state index contributed by atoms with van der Waals surface area (Å²) >= 11 is 6.34. The van der Waals surface area contributed by atoms with E-state index in [0.717, 1.165) is 47.4 Å². The molecule has 0 saturated carbocycles. The van der Waals surface area contributed by atoms with Gasteiger partial charge in [-0.05, 0) is 31.5 Å². The van der Waals surface area contributed by atoms with E-state index in [1.165, 1.54) is 0 Å². The lowest BCUT2D eigenvalue weighted by atomic mass is 10.2. The predicted molar refractivity (Wildman–Crippen MR) is 121 cm³/mol. The number of aryl methyl sites for hydroxylation is 2. The van der Waals surface area contributed by atoms with Gasteiger partial charge in [-0.3, -0.25) is 4.90 Å². The fourth-order valence-corrected chi connectivity index (χ4v) is 4.35. The lowest BCUT2D eigenvalue weighted by Crippen LogP contribution is -2.21. The molecule has 0 bridgehead atoms. The fraction of sp³-hybridized carbons (Fsp3) is 0.318. The van der Waals surface area contributed by atoms with Gasteiger partial charge in [0.1, 0.15) is 0 Å². The highest BCUT2D eigenvalue weighted by Crippen LogP contribution is 2.28. The minimum atomic E-state index is -0.226. The van der Waals surface area contributed by atoms with Crippen molar-refractivity contribution in [3.63, 3.8) is 0 Å². The average Bonchev–Trinajstić information content (AvgIpc) is 3.41. The highest BCUT2D eigenvalue weighted by atomic mass is 35.5. The average molecular weight is 438 g/mol. The van der Waals surface area contributed by atoms with Crippen molar-refractivity contribution in [2.45, 2.75) is 26.0 Å². The summed E-state index contributed by atoms with van der Waals surface area (Å²) in [5.74, 6) is 1.17. The van der Waals surface area contributed by atoms with Crippen LogP contribution in [0.25, 0.3) is 16.7 Å². The summed E-state index contributed by atoms with van der Waals surface area (Å²) < 4.78 is 3.78. The van der Waals surface area contributed by atoms with Crippen LogP contribution in [0.3, 0.4) is 0 Å². The third kappa shape index (κ3) is 4.01. The molecule has 160 valence electrons. The zero-order valence-electron chi connectivity index (χ0n) is 17.5. The second kappa shape index (κ2) is 7.96. The number of anilines is 2. The Morgan fingerprint density at radius 3 is 2.94 bits per heavy atom. The Kier molecular flexibility index (Phi) is 5.13. The molecule has 31 heavy (non-hydrogen) atoms. The number of hydrogen-bond donors (Lipinski definition) is 2. The van der Waals surface area contributed by atoms with Crippen LogP contribution < -0.4 is 5.32 Å². The summed E-state index contributed by atoms with van der Waals surface area (Å²) in [5.41, 5.74) is 4.02. The van der Waals surface area contributed by atoms with Gasteiger partial charge in [-0.25, -0.2) is 9.67 Å². The molecule has 0 amide bonds. The third-order valence-electron chi connectivity index (χ3n) is 5.71. The van der Waals surface area contributed by atoms with Crippen LogP contribution in [0, 0.1) is 6.92 Å². The Morgan fingerprint density at radius 2 is 2.13 bits per heavy atom. The number of benzene rings is 1. The maximum absolute atomic E-state index is 9.76. The smallest absolute Gasteiger partial charge is 0.229 e. The van der Waals surface area contributed by atoms with Crippen LogP contribution in [-0.2, 0) is 13.6 Å². The second-order valence-corrected chi connectivity index (χ2v) is 8.45. The van der Waals surface area contributed by atoms with Crippen molar-refractivity contribution in [1.82, 2.24) is 29.2 Å². The molecule has 3 aromatic heterocycles. The minimum Gasteiger partial charge on any atom is -0.392 e. The summed E-state index contributed by atoms with van der Waals surface area (Å²) in [6.45, 7) is 4.39. The molecule has 8 nitrogen and oxygen atoms in total. The number of likely N-dealkylation sites (tertiary alicyclic amines) is 1. The first-order valence-corrected chi connectivity index (χ1v) is 10.6. The number of aromatic nitrogens is 5. The Labute approximate surface area is 185 Å². The number of β-amino-alcohol motifs (C(OH)–C–C–N with tert-alkyl or cyclic N) is 1. The maximum Gasteiger partial charge on any atom is 0.229 e. The van der Waals surface area contributed by atoms with Gasteiger partial charge in [-0.1, -0.05) is 11.6 Å². The molecule has 0 radical (unpaired) electrons. The van der Waals surface area contributed by atoms with Gasteiger partial charge >= 0.3 is 0 Å². The number of fused-ring (bicyclic) bond motifs is 1. The van der Waals surface area contributed by atoms with Crippen molar-refractivity contribution < 1.29 is 5.11 Å². The van der Waals surface area contributed by atoms with E-state index in [-0.39, 0.29) is 6.10 Å². The number of rotatable bonds is 5. The largest absolute Gasteiger partial charge is 0.392 e. The van der Waals surface area contributed by atoms with Gasteiger partial charge in [0.05, 0.1) is 16.8 Å². The van der Waals surface area contributed by atoms with Crippen LogP contribution in [0.5, 0.6) is 0 Å². The Hall–Kier alpha value is -2.94. The van der Waals surface area contributed by atoms with Gasteiger partial charge in [0.15, 0.2) is 5.82 Å². The van der Waals surface area contributed by atoms with E-state index >= 15 is 0 Å². The van der Waals surface area contributed by atoms with E-state index in [2.05, 4.69) is 25.3 Å². The molecule has 2 N–H and O–H groups in total. The van der Waals surface area contributed by atoms with Crippen molar-refractivity contribution >= 4 is 34.1 Å². The Bertz CT molecular complexity index is 1250. The molecule has 9 heteroatoms. The molecule has 1 saturated heterocycles. The van der Waals surface area contributed by atoms with Gasteiger partial charge in [0.25, 0.3) is 0 Å². The highest BCUT2D eigenvalue weighted by molar-refractivity contribution is 6.35. The van der Waals surface area contributed by atoms with E-state index in [1.807, 2.05) is 55.2 Å². The number of nitrogens with one attached hydrogen (secondary N) is 1. The summed E-state index contributed by atoms with van der Waals surface area (Å²) in [6, 6.07) is 7.83. The lowest BCUT2D eigenvalue weighted by Gasteiger charge is -2.13. The SMILES string of the molecule is Cc1nn(-c2ccnc(Nc3ccc4c(c3)c(Cl)cn4C)n2)cc1CN1CCC(O)C1. The second-order valence-electron chi connectivity index (χ2n) is 8.05. The molecule has 1 unspecified atom stereocenters.